The molecule has 2 aliphatic rings. The quantitative estimate of drug-likeness (QED) is 0.379. The number of nitrogens with zero attached hydrogens (tertiary/aromatic N) is 1. The Morgan fingerprint density at radius 2 is 2.00 bits per heavy atom. The van der Waals surface area contributed by atoms with Gasteiger partial charge < -0.3 is 14.7 Å². The molecule has 1 N–H and O–H groups in total. The average Bonchev–Trinajstić information content (AvgIpc) is 2.38. The predicted octanol–water partition coefficient (Wildman–Crippen LogP) is 1.51. The summed E-state index contributed by atoms with van der Waals surface area (Å²) in [4.78, 5) is 11.2. The molecule has 0 amide bonds. The van der Waals surface area contributed by atoms with Gasteiger partial charge in [-0.2, -0.15) is 9.12 Å². The van der Waals surface area contributed by atoms with Gasteiger partial charge in [0.15, 0.2) is 17.0 Å². The second kappa shape index (κ2) is 3.64. The zero-order valence-electron chi connectivity index (χ0n) is 9.18. The minimum Gasteiger partial charge on any atom is -0.618 e. The zero-order valence-corrected chi connectivity index (χ0v) is 9.18. The van der Waals surface area contributed by atoms with E-state index in [1.54, 1.807) is 0 Å². The number of rotatable bonds is 0. The fourth-order valence-electron chi connectivity index (χ4n) is 1.81. The van der Waals surface area contributed by atoms with Gasteiger partial charge in [0.1, 0.15) is 0 Å². The maximum atomic E-state index is 13.7. The first-order valence-electron chi connectivity index (χ1n) is 5.16. The molecule has 7 heteroatoms. The van der Waals surface area contributed by atoms with Crippen molar-refractivity contribution in [1.29, 1.82) is 0 Å². The highest BCUT2D eigenvalue weighted by Crippen LogP contribution is 2.30. The normalized spacial score (nSPS) is 11.3. The number of aromatic hydroxyl groups is 1. The summed E-state index contributed by atoms with van der Waals surface area (Å²) < 4.78 is 32.2. The third-order valence-electron chi connectivity index (χ3n) is 2.71. The number of phenols is 1. The van der Waals surface area contributed by atoms with Crippen LogP contribution in [0.25, 0.3) is 22.6 Å². The molecule has 0 aromatic heterocycles. The molecule has 1 heterocycles. The van der Waals surface area contributed by atoms with Crippen LogP contribution in [-0.4, -0.2) is 5.11 Å². The number of hydrogen-bond acceptors (Lipinski definition) is 4. The lowest BCUT2D eigenvalue weighted by atomic mass is 10.2. The van der Waals surface area contributed by atoms with E-state index in [1.165, 1.54) is 6.07 Å². The van der Waals surface area contributed by atoms with Crippen molar-refractivity contribution in [3.8, 4) is 17.2 Å². The molecule has 0 unspecified atom stereocenters. The molecular weight excluding hydrogens is 260 g/mol. The van der Waals surface area contributed by atoms with Crippen LogP contribution >= 0.6 is 0 Å². The third-order valence-corrected chi connectivity index (χ3v) is 2.71. The first-order chi connectivity index (χ1) is 8.99. The number of halogens is 2. The molecule has 0 saturated heterocycles. The Labute approximate surface area is 103 Å². The van der Waals surface area contributed by atoms with E-state index in [4.69, 9.17) is 9.52 Å². The molecule has 19 heavy (non-hydrogen) atoms. The fraction of sp³-hybridized carbons (Fsp3) is 0. The second-order valence-corrected chi connectivity index (χ2v) is 3.90. The highest BCUT2D eigenvalue weighted by molar-refractivity contribution is 5.74. The van der Waals surface area contributed by atoms with E-state index in [2.05, 4.69) is 0 Å². The van der Waals surface area contributed by atoms with Gasteiger partial charge in [0.05, 0.1) is 6.07 Å². The largest absolute Gasteiger partial charge is 0.618 e. The van der Waals surface area contributed by atoms with Gasteiger partial charge in [0, 0.05) is 12.1 Å². The van der Waals surface area contributed by atoms with Gasteiger partial charge >= 0.3 is 0 Å². The Bertz CT molecular complexity index is 843. The maximum absolute atomic E-state index is 13.7. The number of phenolic OH excluding ortho intramolecular Hbond substituents is 1. The molecule has 3 rings (SSSR count). The van der Waals surface area contributed by atoms with Crippen LogP contribution in [0.15, 0.2) is 33.5 Å². The van der Waals surface area contributed by atoms with Gasteiger partial charge in [-0.25, -0.2) is 4.39 Å². The minimum atomic E-state index is -1.39. The molecule has 5 nitrogen and oxygen atoms in total. The molecule has 0 fully saturated rings. The van der Waals surface area contributed by atoms with E-state index < -0.39 is 33.9 Å². The summed E-state index contributed by atoms with van der Waals surface area (Å²) >= 11 is 0. The number of aromatic nitrogens is 1. The van der Waals surface area contributed by atoms with Crippen molar-refractivity contribution in [1.82, 2.24) is 0 Å². The SMILES string of the molecule is O=c1ccc2[n+]([O-])c3cc(F)c(O)c(F)c3oc-2c1. The summed E-state index contributed by atoms with van der Waals surface area (Å²) in [6.45, 7) is 0. The summed E-state index contributed by atoms with van der Waals surface area (Å²) in [7, 11) is 0. The average molecular weight is 265 g/mol. The Morgan fingerprint density at radius 1 is 1.26 bits per heavy atom. The highest BCUT2D eigenvalue weighted by atomic mass is 19.1. The van der Waals surface area contributed by atoms with Gasteiger partial charge in [-0.3, -0.25) is 4.79 Å². The van der Waals surface area contributed by atoms with Crippen LogP contribution in [0.3, 0.4) is 0 Å². The number of fused-ring (bicyclic) bond motifs is 2. The van der Waals surface area contributed by atoms with Gasteiger partial charge in [-0.15, -0.1) is 0 Å². The molecule has 1 aromatic rings. The van der Waals surface area contributed by atoms with Crippen molar-refractivity contribution in [3.05, 3.63) is 51.3 Å². The van der Waals surface area contributed by atoms with Crippen LogP contribution < -0.4 is 10.2 Å². The summed E-state index contributed by atoms with van der Waals surface area (Å²) in [5, 5.41) is 21.1. The molecule has 0 saturated carbocycles. The highest BCUT2D eigenvalue weighted by Gasteiger charge is 2.25. The van der Waals surface area contributed by atoms with E-state index in [0.29, 0.717) is 6.07 Å². The van der Waals surface area contributed by atoms with Crippen LogP contribution in [0.4, 0.5) is 8.78 Å². The summed E-state index contributed by atoms with van der Waals surface area (Å²) in [5.74, 6) is -4.06. The monoisotopic (exact) mass is 265 g/mol. The van der Waals surface area contributed by atoms with Crippen molar-refractivity contribution in [2.75, 3.05) is 0 Å². The molecule has 0 spiro atoms. The molecule has 1 aromatic carbocycles. The van der Waals surface area contributed by atoms with E-state index in [1.807, 2.05) is 0 Å². The predicted molar refractivity (Wildman–Crippen MR) is 59.6 cm³/mol. The van der Waals surface area contributed by atoms with Crippen LogP contribution in [0.1, 0.15) is 0 Å². The summed E-state index contributed by atoms with van der Waals surface area (Å²) in [6, 6.07) is 3.99. The smallest absolute Gasteiger partial charge is 0.266 e. The van der Waals surface area contributed by atoms with Gasteiger partial charge in [0.25, 0.3) is 11.2 Å². The summed E-state index contributed by atoms with van der Waals surface area (Å²) in [6.07, 6.45) is 0. The Balaban J connectivity index is 2.59. The Morgan fingerprint density at radius 3 is 2.74 bits per heavy atom. The molecule has 1 aliphatic heterocycles. The molecule has 0 radical (unpaired) electrons. The standard InChI is InChI=1S/C12H5F2NO4/c13-6-4-8-12(10(14)11(6)17)19-9-3-5(16)1-2-7(9)15(8)18/h1-4,17H. The first-order valence-corrected chi connectivity index (χ1v) is 5.16. The molecule has 0 atom stereocenters. The van der Waals surface area contributed by atoms with Crippen molar-refractivity contribution in [3.63, 3.8) is 0 Å². The zero-order chi connectivity index (χ0) is 13.7. The lowest BCUT2D eigenvalue weighted by Gasteiger charge is -2.09. The minimum absolute atomic E-state index is 0.0448. The Hall–Kier alpha value is -2.70. The molecule has 0 bridgehead atoms. The van der Waals surface area contributed by atoms with E-state index in [-0.39, 0.29) is 16.2 Å². The lowest BCUT2D eigenvalue weighted by molar-refractivity contribution is -0.566. The van der Waals surface area contributed by atoms with Crippen LogP contribution in [-0.2, 0) is 0 Å². The fourth-order valence-corrected chi connectivity index (χ4v) is 1.81. The van der Waals surface area contributed by atoms with Crippen molar-refractivity contribution in [2.24, 2.45) is 0 Å². The topological polar surface area (TPSA) is 77.4 Å². The van der Waals surface area contributed by atoms with Gasteiger partial charge in [-0.05, 0) is 6.07 Å². The van der Waals surface area contributed by atoms with Crippen LogP contribution in [0.2, 0.25) is 0 Å². The second-order valence-electron chi connectivity index (χ2n) is 3.90. The van der Waals surface area contributed by atoms with Gasteiger partial charge in [0.2, 0.25) is 17.2 Å². The molecular formula is C12H5F2NO4. The van der Waals surface area contributed by atoms with Crippen molar-refractivity contribution < 1.29 is 23.0 Å². The van der Waals surface area contributed by atoms with Crippen LogP contribution in [0, 0.1) is 16.8 Å². The van der Waals surface area contributed by atoms with Crippen molar-refractivity contribution >= 4 is 11.1 Å². The van der Waals surface area contributed by atoms with Gasteiger partial charge in [-0.1, -0.05) is 0 Å². The van der Waals surface area contributed by atoms with E-state index in [0.717, 1.165) is 12.1 Å². The number of hydrogen-bond donors (Lipinski definition) is 1. The van der Waals surface area contributed by atoms with Crippen LogP contribution in [0.5, 0.6) is 5.75 Å². The number of benzene rings is 2. The van der Waals surface area contributed by atoms with E-state index in [9.17, 15) is 18.8 Å². The third kappa shape index (κ3) is 1.51. The van der Waals surface area contributed by atoms with Crippen molar-refractivity contribution in [2.45, 2.75) is 0 Å². The Kier molecular flexibility index (Phi) is 2.19. The van der Waals surface area contributed by atoms with E-state index >= 15 is 0 Å². The first kappa shape index (κ1) is 11.4. The molecule has 96 valence electrons. The maximum Gasteiger partial charge on any atom is 0.266 e. The lowest BCUT2D eigenvalue weighted by Crippen LogP contribution is -2.31. The molecule has 1 aliphatic carbocycles. The summed E-state index contributed by atoms with van der Waals surface area (Å²) in [5.41, 5.74) is -1.51.